The molecule has 1 saturated heterocycles. The van der Waals surface area contributed by atoms with Gasteiger partial charge in [0.25, 0.3) is 0 Å². The molecular weight excluding hydrogens is 264 g/mol. The summed E-state index contributed by atoms with van der Waals surface area (Å²) in [5.41, 5.74) is 0.655. The highest BCUT2D eigenvalue weighted by molar-refractivity contribution is 7.17. The van der Waals surface area contributed by atoms with E-state index in [1.54, 1.807) is 0 Å². The van der Waals surface area contributed by atoms with Crippen molar-refractivity contribution >= 4 is 22.4 Å². The lowest BCUT2D eigenvalue weighted by atomic mass is 10.0. The van der Waals surface area contributed by atoms with Crippen LogP contribution in [0.25, 0.3) is 0 Å². The number of carbonyl (C=O) groups is 1. The molecule has 0 unspecified atom stereocenters. The fourth-order valence-corrected chi connectivity index (χ4v) is 3.61. The molecule has 19 heavy (non-hydrogen) atoms. The van der Waals surface area contributed by atoms with Crippen molar-refractivity contribution in [2.24, 2.45) is 0 Å². The highest BCUT2D eigenvalue weighted by atomic mass is 32.1. The van der Waals surface area contributed by atoms with Gasteiger partial charge in [0.2, 0.25) is 0 Å². The number of aromatic carboxylic acids is 1. The topological polar surface area (TPSA) is 62.7 Å². The zero-order valence-corrected chi connectivity index (χ0v) is 12.0. The number of hydrogen-bond donors (Lipinski definition) is 1. The summed E-state index contributed by atoms with van der Waals surface area (Å²) in [5.74, 6) is -0.489. The molecule has 1 aliphatic heterocycles. The van der Waals surface area contributed by atoms with Gasteiger partial charge >= 0.3 is 5.97 Å². The number of aromatic nitrogens is 1. The summed E-state index contributed by atoms with van der Waals surface area (Å²) < 4.78 is 5.50. The number of thiazole rings is 1. The standard InChI is InChI=1S/C13H18N2O3S/c1-13(2)7-18-6-5-15(13)12-14-9(8-3-4-8)10(19-12)11(16)17/h8H,3-7H2,1-2H3,(H,16,17). The van der Waals surface area contributed by atoms with Crippen LogP contribution >= 0.6 is 11.3 Å². The quantitative estimate of drug-likeness (QED) is 0.922. The van der Waals surface area contributed by atoms with Crippen molar-refractivity contribution < 1.29 is 14.6 Å². The molecule has 0 spiro atoms. The second-order valence-corrected chi connectivity index (χ2v) is 6.78. The summed E-state index contributed by atoms with van der Waals surface area (Å²) in [6.07, 6.45) is 2.13. The second kappa shape index (κ2) is 4.45. The third kappa shape index (κ3) is 2.34. The summed E-state index contributed by atoms with van der Waals surface area (Å²) in [6, 6.07) is 0. The Labute approximate surface area is 116 Å². The molecule has 1 aromatic rings. The van der Waals surface area contributed by atoms with Gasteiger partial charge in [0.05, 0.1) is 24.4 Å². The lowest BCUT2D eigenvalue weighted by Crippen LogP contribution is -2.53. The van der Waals surface area contributed by atoms with E-state index < -0.39 is 5.97 Å². The predicted octanol–water partition coefficient (Wildman–Crippen LogP) is 2.33. The van der Waals surface area contributed by atoms with Gasteiger partial charge < -0.3 is 14.7 Å². The monoisotopic (exact) mass is 282 g/mol. The molecule has 2 aliphatic rings. The Hall–Kier alpha value is -1.14. The first-order valence-electron chi connectivity index (χ1n) is 6.58. The number of carboxylic acids is 1. The molecule has 3 rings (SSSR count). The molecule has 0 amide bonds. The smallest absolute Gasteiger partial charge is 0.347 e. The zero-order valence-electron chi connectivity index (χ0n) is 11.2. The zero-order chi connectivity index (χ0) is 13.6. The average molecular weight is 282 g/mol. The van der Waals surface area contributed by atoms with Crippen LogP contribution in [0.5, 0.6) is 0 Å². The second-order valence-electron chi connectivity index (χ2n) is 5.81. The number of rotatable bonds is 3. The minimum Gasteiger partial charge on any atom is -0.477 e. The van der Waals surface area contributed by atoms with Crippen molar-refractivity contribution in [3.8, 4) is 0 Å². The molecule has 0 aromatic carbocycles. The SMILES string of the molecule is CC1(C)COCCN1c1nc(C2CC2)c(C(=O)O)s1. The van der Waals surface area contributed by atoms with Crippen LogP contribution in [-0.4, -0.2) is 41.4 Å². The summed E-state index contributed by atoms with van der Waals surface area (Å²) in [6.45, 7) is 6.29. The molecule has 2 fully saturated rings. The fraction of sp³-hybridized carbons (Fsp3) is 0.692. The van der Waals surface area contributed by atoms with Gasteiger partial charge in [-0.15, -0.1) is 0 Å². The summed E-state index contributed by atoms with van der Waals surface area (Å²) in [7, 11) is 0. The number of anilines is 1. The van der Waals surface area contributed by atoms with Crippen LogP contribution in [0.3, 0.4) is 0 Å². The molecule has 6 heteroatoms. The molecule has 0 atom stereocenters. The van der Waals surface area contributed by atoms with Crippen LogP contribution in [0.2, 0.25) is 0 Å². The van der Waals surface area contributed by atoms with E-state index in [1.165, 1.54) is 11.3 Å². The fourth-order valence-electron chi connectivity index (χ4n) is 2.44. The molecule has 2 heterocycles. The number of ether oxygens (including phenoxy) is 1. The first kappa shape index (κ1) is 12.9. The van der Waals surface area contributed by atoms with Crippen LogP contribution in [0.4, 0.5) is 5.13 Å². The van der Waals surface area contributed by atoms with E-state index in [4.69, 9.17) is 4.74 Å². The van der Waals surface area contributed by atoms with E-state index in [1.807, 2.05) is 0 Å². The van der Waals surface area contributed by atoms with E-state index in [9.17, 15) is 9.90 Å². The molecule has 104 valence electrons. The van der Waals surface area contributed by atoms with Crippen molar-refractivity contribution in [1.29, 1.82) is 0 Å². The largest absolute Gasteiger partial charge is 0.477 e. The normalized spacial score (nSPS) is 22.5. The molecule has 1 saturated carbocycles. The van der Waals surface area contributed by atoms with Crippen molar-refractivity contribution in [1.82, 2.24) is 4.98 Å². The van der Waals surface area contributed by atoms with E-state index in [0.29, 0.717) is 24.0 Å². The molecule has 1 N–H and O–H groups in total. The van der Waals surface area contributed by atoms with E-state index in [-0.39, 0.29) is 5.54 Å². The lowest BCUT2D eigenvalue weighted by Gasteiger charge is -2.42. The molecule has 0 radical (unpaired) electrons. The average Bonchev–Trinajstić information content (AvgIpc) is 3.08. The van der Waals surface area contributed by atoms with Crippen molar-refractivity contribution in [3.05, 3.63) is 10.6 Å². The Morgan fingerprint density at radius 2 is 2.26 bits per heavy atom. The van der Waals surface area contributed by atoms with Crippen LogP contribution in [0, 0.1) is 0 Å². The van der Waals surface area contributed by atoms with Crippen LogP contribution in [-0.2, 0) is 4.74 Å². The minimum atomic E-state index is -0.850. The summed E-state index contributed by atoms with van der Waals surface area (Å²) in [4.78, 5) is 18.6. The van der Waals surface area contributed by atoms with Crippen molar-refractivity contribution in [3.63, 3.8) is 0 Å². The van der Waals surface area contributed by atoms with Crippen LogP contribution in [0.1, 0.15) is 48.0 Å². The number of nitrogens with zero attached hydrogens (tertiary/aromatic N) is 2. The maximum absolute atomic E-state index is 11.3. The highest BCUT2D eigenvalue weighted by Crippen LogP contribution is 2.45. The third-order valence-electron chi connectivity index (χ3n) is 3.68. The minimum absolute atomic E-state index is 0.132. The van der Waals surface area contributed by atoms with Gasteiger partial charge in [-0.2, -0.15) is 0 Å². The molecule has 1 aromatic heterocycles. The Morgan fingerprint density at radius 3 is 2.84 bits per heavy atom. The molecular formula is C13H18N2O3S. The van der Waals surface area contributed by atoms with Crippen molar-refractivity contribution in [2.75, 3.05) is 24.7 Å². The number of carboxylic acid groups (broad SMARTS) is 1. The maximum atomic E-state index is 11.3. The molecule has 0 bridgehead atoms. The highest BCUT2D eigenvalue weighted by Gasteiger charge is 2.37. The Balaban J connectivity index is 1.96. The lowest BCUT2D eigenvalue weighted by molar-refractivity contribution is 0.0643. The van der Waals surface area contributed by atoms with Gasteiger partial charge in [0.1, 0.15) is 4.88 Å². The van der Waals surface area contributed by atoms with Gasteiger partial charge in [-0.1, -0.05) is 11.3 Å². The third-order valence-corrected chi connectivity index (χ3v) is 4.76. The first-order chi connectivity index (χ1) is 8.99. The van der Waals surface area contributed by atoms with Gasteiger partial charge in [0.15, 0.2) is 5.13 Å². The summed E-state index contributed by atoms with van der Waals surface area (Å²) in [5, 5.41) is 10.1. The van der Waals surface area contributed by atoms with Gasteiger partial charge in [0, 0.05) is 12.5 Å². The Bertz CT molecular complexity index is 508. The van der Waals surface area contributed by atoms with Crippen molar-refractivity contribution in [2.45, 2.75) is 38.1 Å². The van der Waals surface area contributed by atoms with E-state index in [2.05, 4.69) is 23.7 Å². The Kier molecular flexibility index (Phi) is 3.02. The molecule has 5 nitrogen and oxygen atoms in total. The predicted molar refractivity (Wildman–Crippen MR) is 73.3 cm³/mol. The summed E-state index contributed by atoms with van der Waals surface area (Å²) >= 11 is 1.30. The molecule has 1 aliphatic carbocycles. The number of morpholine rings is 1. The number of hydrogen-bond acceptors (Lipinski definition) is 5. The van der Waals surface area contributed by atoms with Crippen LogP contribution < -0.4 is 4.90 Å². The van der Waals surface area contributed by atoms with Gasteiger partial charge in [-0.25, -0.2) is 9.78 Å². The first-order valence-corrected chi connectivity index (χ1v) is 7.40. The van der Waals surface area contributed by atoms with E-state index >= 15 is 0 Å². The Morgan fingerprint density at radius 1 is 1.53 bits per heavy atom. The van der Waals surface area contributed by atoms with Gasteiger partial charge in [-0.05, 0) is 26.7 Å². The van der Waals surface area contributed by atoms with Gasteiger partial charge in [-0.3, -0.25) is 0 Å². The van der Waals surface area contributed by atoms with E-state index in [0.717, 1.165) is 30.2 Å². The van der Waals surface area contributed by atoms with Crippen LogP contribution in [0.15, 0.2) is 0 Å². The maximum Gasteiger partial charge on any atom is 0.347 e.